The van der Waals surface area contributed by atoms with Crippen LogP contribution < -0.4 is 10.1 Å². The van der Waals surface area contributed by atoms with Crippen molar-refractivity contribution in [3.8, 4) is 11.8 Å². The fourth-order valence-electron chi connectivity index (χ4n) is 3.98. The van der Waals surface area contributed by atoms with Crippen LogP contribution in [0.3, 0.4) is 0 Å². The van der Waals surface area contributed by atoms with Crippen molar-refractivity contribution >= 4 is 11.7 Å². The van der Waals surface area contributed by atoms with E-state index in [0.29, 0.717) is 12.0 Å². The molecule has 5 heteroatoms. The highest BCUT2D eigenvalue weighted by Crippen LogP contribution is 2.44. The molecule has 0 bridgehead atoms. The van der Waals surface area contributed by atoms with Gasteiger partial charge in [-0.3, -0.25) is 0 Å². The molecular weight excluding hydrogens is 364 g/mol. The van der Waals surface area contributed by atoms with Crippen LogP contribution >= 0.6 is 0 Å². The molecule has 29 heavy (non-hydrogen) atoms. The van der Waals surface area contributed by atoms with Crippen molar-refractivity contribution in [1.82, 2.24) is 0 Å². The molecule has 144 valence electrons. The van der Waals surface area contributed by atoms with Crippen molar-refractivity contribution in [2.45, 2.75) is 18.4 Å². The van der Waals surface area contributed by atoms with Gasteiger partial charge < -0.3 is 15.2 Å². The summed E-state index contributed by atoms with van der Waals surface area (Å²) in [5.74, 6) is -0.181. The molecule has 0 aliphatic carbocycles. The van der Waals surface area contributed by atoms with Crippen LogP contribution in [0.1, 0.15) is 51.0 Å². The average molecular weight is 384 g/mol. The second-order valence-electron chi connectivity index (χ2n) is 7.06. The molecule has 0 unspecified atom stereocenters. The van der Waals surface area contributed by atoms with Gasteiger partial charge in [0.05, 0.1) is 30.3 Å². The zero-order valence-electron chi connectivity index (χ0n) is 15.9. The number of anilines is 1. The number of hydrogen-bond donors (Lipinski definition) is 2. The first-order valence-electron chi connectivity index (χ1n) is 9.37. The lowest BCUT2D eigenvalue weighted by Crippen LogP contribution is -2.23. The molecule has 0 saturated heterocycles. The van der Waals surface area contributed by atoms with E-state index < -0.39 is 5.97 Å². The summed E-state index contributed by atoms with van der Waals surface area (Å²) in [6.45, 7) is 0. The Labute approximate surface area is 169 Å². The predicted molar refractivity (Wildman–Crippen MR) is 110 cm³/mol. The van der Waals surface area contributed by atoms with Crippen LogP contribution in [-0.4, -0.2) is 18.2 Å². The summed E-state index contributed by atoms with van der Waals surface area (Å²) in [6, 6.07) is 22.8. The summed E-state index contributed by atoms with van der Waals surface area (Å²) in [4.78, 5) is 11.5. The third kappa shape index (κ3) is 3.53. The SMILES string of the molecule is COc1ccc([C@H]2C[C@H](c3ccccc3C#N)Nc3ccc(C(=O)O)cc32)cc1. The molecule has 4 rings (SSSR count). The Morgan fingerprint density at radius 3 is 2.55 bits per heavy atom. The molecular formula is C24H20N2O3. The van der Waals surface area contributed by atoms with Crippen LogP contribution in [0.5, 0.6) is 5.75 Å². The second kappa shape index (κ2) is 7.69. The minimum atomic E-state index is -0.946. The number of fused-ring (bicyclic) bond motifs is 1. The molecule has 0 saturated carbocycles. The lowest BCUT2D eigenvalue weighted by molar-refractivity contribution is 0.0696. The van der Waals surface area contributed by atoms with Gasteiger partial charge in [-0.05, 0) is 59.5 Å². The molecule has 0 spiro atoms. The Bertz CT molecular complexity index is 1100. The number of nitriles is 1. The fraction of sp³-hybridized carbons (Fsp3) is 0.167. The first-order valence-corrected chi connectivity index (χ1v) is 9.37. The third-order valence-corrected chi connectivity index (χ3v) is 5.45. The first kappa shape index (κ1) is 18.6. The van der Waals surface area contributed by atoms with Gasteiger partial charge in [-0.1, -0.05) is 30.3 Å². The van der Waals surface area contributed by atoms with Crippen molar-refractivity contribution in [3.63, 3.8) is 0 Å². The van der Waals surface area contributed by atoms with E-state index in [2.05, 4.69) is 11.4 Å². The maximum Gasteiger partial charge on any atom is 0.335 e. The van der Waals surface area contributed by atoms with Crippen molar-refractivity contribution in [3.05, 3.63) is 94.5 Å². The first-order chi connectivity index (χ1) is 14.1. The second-order valence-corrected chi connectivity index (χ2v) is 7.06. The maximum absolute atomic E-state index is 11.5. The highest BCUT2D eigenvalue weighted by molar-refractivity contribution is 5.89. The van der Waals surface area contributed by atoms with Crippen molar-refractivity contribution < 1.29 is 14.6 Å². The fourth-order valence-corrected chi connectivity index (χ4v) is 3.98. The molecule has 0 radical (unpaired) electrons. The number of ether oxygens (including phenoxy) is 1. The molecule has 3 aromatic rings. The van der Waals surface area contributed by atoms with E-state index in [1.807, 2.05) is 54.6 Å². The highest BCUT2D eigenvalue weighted by Gasteiger charge is 2.30. The number of methoxy groups -OCH3 is 1. The lowest BCUT2D eigenvalue weighted by Gasteiger charge is -2.34. The quantitative estimate of drug-likeness (QED) is 0.665. The number of carboxylic acid groups (broad SMARTS) is 1. The topological polar surface area (TPSA) is 82.3 Å². The molecule has 1 aliphatic heterocycles. The largest absolute Gasteiger partial charge is 0.497 e. The molecule has 5 nitrogen and oxygen atoms in total. The standard InChI is InChI=1S/C24H20N2O3/c1-29-18-9-6-15(7-10-18)20-13-23(19-5-3-2-4-17(19)14-25)26-22-11-8-16(24(27)28)12-21(20)22/h2-12,20,23,26H,13H2,1H3,(H,27,28)/t20-,23-/m1/s1. The van der Waals surface area contributed by atoms with E-state index >= 15 is 0 Å². The van der Waals surface area contributed by atoms with Crippen LogP contribution in [0.15, 0.2) is 66.7 Å². The number of rotatable bonds is 4. The zero-order chi connectivity index (χ0) is 20.4. The number of carbonyl (C=O) groups is 1. The van der Waals surface area contributed by atoms with Gasteiger partial charge in [0.15, 0.2) is 0 Å². The Morgan fingerprint density at radius 2 is 1.86 bits per heavy atom. The minimum absolute atomic E-state index is 0.00629. The molecule has 0 aromatic heterocycles. The van der Waals surface area contributed by atoms with Crippen molar-refractivity contribution in [2.75, 3.05) is 12.4 Å². The normalized spacial score (nSPS) is 17.5. The third-order valence-electron chi connectivity index (χ3n) is 5.45. The smallest absolute Gasteiger partial charge is 0.335 e. The van der Waals surface area contributed by atoms with Gasteiger partial charge in [-0.2, -0.15) is 5.26 Å². The van der Waals surface area contributed by atoms with Crippen molar-refractivity contribution in [2.24, 2.45) is 0 Å². The highest BCUT2D eigenvalue weighted by atomic mass is 16.5. The summed E-state index contributed by atoms with van der Waals surface area (Å²) < 4.78 is 5.27. The minimum Gasteiger partial charge on any atom is -0.497 e. The summed E-state index contributed by atoms with van der Waals surface area (Å²) in [7, 11) is 1.63. The lowest BCUT2D eigenvalue weighted by atomic mass is 9.79. The molecule has 0 amide bonds. The number of benzene rings is 3. The van der Waals surface area contributed by atoms with Gasteiger partial charge in [0.2, 0.25) is 0 Å². The zero-order valence-corrected chi connectivity index (χ0v) is 15.9. The summed E-state index contributed by atoms with van der Waals surface area (Å²) >= 11 is 0. The molecule has 2 N–H and O–H groups in total. The van der Waals surface area contributed by atoms with E-state index in [0.717, 1.165) is 28.1 Å². The Hall–Kier alpha value is -3.78. The maximum atomic E-state index is 11.5. The molecule has 3 aromatic carbocycles. The van der Waals surface area contributed by atoms with Gasteiger partial charge in [-0.25, -0.2) is 4.79 Å². The van der Waals surface area contributed by atoms with E-state index in [-0.39, 0.29) is 17.5 Å². The van der Waals surface area contributed by atoms with Gasteiger partial charge in [-0.15, -0.1) is 0 Å². The van der Waals surface area contributed by atoms with E-state index in [9.17, 15) is 15.2 Å². The van der Waals surface area contributed by atoms with Gasteiger partial charge >= 0.3 is 5.97 Å². The summed E-state index contributed by atoms with van der Waals surface area (Å²) in [6.07, 6.45) is 0.709. The molecule has 1 heterocycles. The van der Waals surface area contributed by atoms with Gasteiger partial charge in [0, 0.05) is 11.6 Å². The van der Waals surface area contributed by atoms with Crippen LogP contribution in [0.25, 0.3) is 0 Å². The Balaban J connectivity index is 1.82. The number of aromatic carboxylic acids is 1. The molecule has 1 aliphatic rings. The Morgan fingerprint density at radius 1 is 1.10 bits per heavy atom. The van der Waals surface area contributed by atoms with E-state index in [1.165, 1.54) is 0 Å². The summed E-state index contributed by atoms with van der Waals surface area (Å²) in [5, 5.41) is 22.5. The van der Waals surface area contributed by atoms with Crippen LogP contribution in [0, 0.1) is 11.3 Å². The monoisotopic (exact) mass is 384 g/mol. The van der Waals surface area contributed by atoms with Gasteiger partial charge in [0.1, 0.15) is 5.75 Å². The van der Waals surface area contributed by atoms with E-state index in [1.54, 1.807) is 19.2 Å². The van der Waals surface area contributed by atoms with Crippen molar-refractivity contribution in [1.29, 1.82) is 5.26 Å². The molecule has 0 fully saturated rings. The number of hydrogen-bond acceptors (Lipinski definition) is 4. The van der Waals surface area contributed by atoms with Crippen LogP contribution in [-0.2, 0) is 0 Å². The number of carboxylic acids is 1. The number of nitrogens with zero attached hydrogens (tertiary/aromatic N) is 1. The molecule has 2 atom stereocenters. The van der Waals surface area contributed by atoms with E-state index in [4.69, 9.17) is 4.74 Å². The van der Waals surface area contributed by atoms with Crippen LogP contribution in [0.2, 0.25) is 0 Å². The predicted octanol–water partition coefficient (Wildman–Crippen LogP) is 4.95. The van der Waals surface area contributed by atoms with Gasteiger partial charge in [0.25, 0.3) is 0 Å². The average Bonchev–Trinajstić information content (AvgIpc) is 2.78. The summed E-state index contributed by atoms with van der Waals surface area (Å²) in [5.41, 5.74) is 4.77. The van der Waals surface area contributed by atoms with Crippen LogP contribution in [0.4, 0.5) is 5.69 Å². The number of nitrogens with one attached hydrogen (secondary N) is 1. The Kier molecular flexibility index (Phi) is 4.92.